The first-order valence-electron chi connectivity index (χ1n) is 11.6. The molecule has 3 aromatic carbocycles. The molecular formula is C28H29N3O2S. The summed E-state index contributed by atoms with van der Waals surface area (Å²) in [5.41, 5.74) is 4.40. The number of ketones is 1. The van der Waals surface area contributed by atoms with Crippen molar-refractivity contribution in [3.8, 4) is 0 Å². The van der Waals surface area contributed by atoms with Gasteiger partial charge in [0.1, 0.15) is 0 Å². The van der Waals surface area contributed by atoms with E-state index >= 15 is 0 Å². The van der Waals surface area contributed by atoms with Gasteiger partial charge in [0.2, 0.25) is 5.91 Å². The summed E-state index contributed by atoms with van der Waals surface area (Å²) in [5, 5.41) is 3.80. The van der Waals surface area contributed by atoms with E-state index in [0.29, 0.717) is 23.0 Å². The largest absolute Gasteiger partial charge is 0.384 e. The molecule has 6 heteroatoms. The molecule has 1 saturated heterocycles. The van der Waals surface area contributed by atoms with Gasteiger partial charge in [-0.05, 0) is 56.0 Å². The van der Waals surface area contributed by atoms with Gasteiger partial charge in [-0.15, -0.1) is 0 Å². The van der Waals surface area contributed by atoms with E-state index in [0.717, 1.165) is 30.6 Å². The molecule has 1 heterocycles. The Morgan fingerprint density at radius 1 is 1.00 bits per heavy atom. The van der Waals surface area contributed by atoms with Crippen LogP contribution in [0.15, 0.2) is 83.9 Å². The zero-order chi connectivity index (χ0) is 23.9. The first-order chi connectivity index (χ1) is 16.5. The Hall–Kier alpha value is -3.38. The van der Waals surface area contributed by atoms with Crippen molar-refractivity contribution < 1.29 is 9.59 Å². The molecule has 0 saturated carbocycles. The molecule has 3 aromatic rings. The third-order valence-corrected chi connectivity index (χ3v) is 6.97. The third kappa shape index (κ3) is 5.75. The molecule has 34 heavy (non-hydrogen) atoms. The Labute approximate surface area is 205 Å². The summed E-state index contributed by atoms with van der Waals surface area (Å²) < 4.78 is 0. The average Bonchev–Trinajstić information content (AvgIpc) is 3.14. The summed E-state index contributed by atoms with van der Waals surface area (Å²) in [6.45, 7) is 4.77. The molecule has 0 aliphatic carbocycles. The second-order valence-corrected chi connectivity index (χ2v) is 9.42. The monoisotopic (exact) mass is 471 g/mol. The van der Waals surface area contributed by atoms with Gasteiger partial charge in [-0.2, -0.15) is 0 Å². The Morgan fingerprint density at radius 2 is 1.68 bits per heavy atom. The van der Waals surface area contributed by atoms with Crippen LogP contribution < -0.4 is 5.32 Å². The van der Waals surface area contributed by atoms with Gasteiger partial charge in [0.05, 0.1) is 23.2 Å². The van der Waals surface area contributed by atoms with E-state index in [1.807, 2.05) is 61.5 Å². The number of thioether (sulfide) groups is 1. The predicted octanol–water partition coefficient (Wildman–Crippen LogP) is 6.09. The number of nitrogens with one attached hydrogen (secondary N) is 1. The molecule has 5 nitrogen and oxygen atoms in total. The second-order valence-electron chi connectivity index (χ2n) is 8.25. The number of carbonyl (C=O) groups is 2. The van der Waals surface area contributed by atoms with Crippen LogP contribution in [0.1, 0.15) is 41.8 Å². The maximum absolute atomic E-state index is 13.5. The molecular weight excluding hydrogens is 442 g/mol. The summed E-state index contributed by atoms with van der Waals surface area (Å²) in [6.07, 6.45) is 1.57. The zero-order valence-corrected chi connectivity index (χ0v) is 20.3. The fraction of sp³-hybridized carbons (Fsp3) is 0.250. The van der Waals surface area contributed by atoms with Crippen molar-refractivity contribution in [1.29, 1.82) is 0 Å². The molecule has 0 bridgehead atoms. The summed E-state index contributed by atoms with van der Waals surface area (Å²) in [4.78, 5) is 32.2. The molecule has 174 valence electrons. The first kappa shape index (κ1) is 23.8. The molecule has 0 spiro atoms. The molecule has 4 rings (SSSR count). The van der Waals surface area contributed by atoms with Crippen LogP contribution in [0.3, 0.4) is 0 Å². The van der Waals surface area contributed by atoms with Crippen LogP contribution in [-0.2, 0) is 17.8 Å². The Morgan fingerprint density at radius 3 is 2.32 bits per heavy atom. The number of Topliss-reactive ketones (excluding diaryl/α,β-unsaturated/α-hetero) is 1. The van der Waals surface area contributed by atoms with Crippen molar-refractivity contribution in [2.24, 2.45) is 4.99 Å². The van der Waals surface area contributed by atoms with Crippen molar-refractivity contribution in [2.45, 2.75) is 38.5 Å². The zero-order valence-electron chi connectivity index (χ0n) is 19.5. The quantitative estimate of drug-likeness (QED) is 0.384. The van der Waals surface area contributed by atoms with E-state index in [1.54, 1.807) is 24.0 Å². The van der Waals surface area contributed by atoms with Crippen molar-refractivity contribution in [2.75, 3.05) is 11.9 Å². The number of aryl methyl sites for hydroxylation is 1. The summed E-state index contributed by atoms with van der Waals surface area (Å²) in [6, 6.07) is 25.7. The van der Waals surface area contributed by atoms with Crippen molar-refractivity contribution in [3.05, 3.63) is 95.6 Å². The summed E-state index contributed by atoms with van der Waals surface area (Å²) in [5.74, 6) is 0.0674. The van der Waals surface area contributed by atoms with E-state index in [9.17, 15) is 9.59 Å². The van der Waals surface area contributed by atoms with Crippen LogP contribution in [0.4, 0.5) is 11.4 Å². The minimum atomic E-state index is -0.193. The molecule has 1 aliphatic rings. The van der Waals surface area contributed by atoms with Crippen molar-refractivity contribution in [3.63, 3.8) is 0 Å². The van der Waals surface area contributed by atoms with Gasteiger partial charge < -0.3 is 5.32 Å². The fourth-order valence-electron chi connectivity index (χ4n) is 3.92. The Balaban J connectivity index is 1.66. The van der Waals surface area contributed by atoms with Crippen LogP contribution >= 0.6 is 11.8 Å². The van der Waals surface area contributed by atoms with E-state index in [4.69, 9.17) is 4.99 Å². The van der Waals surface area contributed by atoms with Crippen LogP contribution in [0, 0.1) is 0 Å². The summed E-state index contributed by atoms with van der Waals surface area (Å²) in [7, 11) is 0. The van der Waals surface area contributed by atoms with Crippen molar-refractivity contribution >= 4 is 40.0 Å². The van der Waals surface area contributed by atoms with E-state index in [-0.39, 0.29) is 16.9 Å². The highest BCUT2D eigenvalue weighted by Crippen LogP contribution is 2.36. The SMILES string of the molecule is CCNc1ccc(C(C)=O)cc1N=C1SC(CCc2ccccc2)C(=O)N1Cc1ccccc1. The fourth-order valence-corrected chi connectivity index (χ4v) is 5.07. The first-order valence-corrected chi connectivity index (χ1v) is 12.5. The molecule has 1 fully saturated rings. The molecule has 0 aromatic heterocycles. The predicted molar refractivity (Wildman–Crippen MR) is 141 cm³/mol. The van der Waals surface area contributed by atoms with Gasteiger partial charge in [-0.3, -0.25) is 14.5 Å². The maximum Gasteiger partial charge on any atom is 0.242 e. The number of hydrogen-bond acceptors (Lipinski definition) is 5. The highest BCUT2D eigenvalue weighted by Gasteiger charge is 2.37. The number of aliphatic imine (C=N–C) groups is 1. The number of amidine groups is 1. The normalized spacial score (nSPS) is 16.8. The molecule has 1 atom stereocenters. The number of benzene rings is 3. The standard InChI is InChI=1S/C28H29N3O2S/c1-3-29-24-16-15-23(20(2)32)18-25(24)30-28-31(19-22-12-8-5-9-13-22)27(33)26(34-28)17-14-21-10-6-4-7-11-21/h4-13,15-16,18,26,29H,3,14,17,19H2,1-2H3. The van der Waals surface area contributed by atoms with Gasteiger partial charge in [-0.25, -0.2) is 4.99 Å². The molecule has 1 unspecified atom stereocenters. The van der Waals surface area contributed by atoms with E-state index < -0.39 is 0 Å². The highest BCUT2D eigenvalue weighted by atomic mass is 32.2. The smallest absolute Gasteiger partial charge is 0.242 e. The van der Waals surface area contributed by atoms with Crippen LogP contribution in [0.25, 0.3) is 0 Å². The number of hydrogen-bond donors (Lipinski definition) is 1. The highest BCUT2D eigenvalue weighted by molar-refractivity contribution is 8.15. The van der Waals surface area contributed by atoms with E-state index in [1.165, 1.54) is 17.3 Å². The average molecular weight is 472 g/mol. The van der Waals surface area contributed by atoms with Gasteiger partial charge in [-0.1, -0.05) is 72.4 Å². The summed E-state index contributed by atoms with van der Waals surface area (Å²) >= 11 is 1.51. The maximum atomic E-state index is 13.5. The number of rotatable bonds is 9. The van der Waals surface area contributed by atoms with Crippen LogP contribution in [0.5, 0.6) is 0 Å². The lowest BCUT2D eigenvalue weighted by Gasteiger charge is -2.17. The van der Waals surface area contributed by atoms with Crippen LogP contribution in [0.2, 0.25) is 0 Å². The minimum Gasteiger partial charge on any atom is -0.384 e. The number of carbonyl (C=O) groups excluding carboxylic acids is 2. The van der Waals surface area contributed by atoms with Gasteiger partial charge in [0.15, 0.2) is 11.0 Å². The Kier molecular flexibility index (Phi) is 7.80. The number of amides is 1. The lowest BCUT2D eigenvalue weighted by molar-refractivity contribution is -0.126. The molecule has 0 radical (unpaired) electrons. The van der Waals surface area contributed by atoms with Gasteiger partial charge >= 0.3 is 0 Å². The molecule has 1 N–H and O–H groups in total. The Bertz CT molecular complexity index is 1180. The number of nitrogens with zero attached hydrogens (tertiary/aromatic N) is 2. The second kappa shape index (κ2) is 11.2. The van der Waals surface area contributed by atoms with E-state index in [2.05, 4.69) is 17.4 Å². The molecule has 1 aliphatic heterocycles. The lowest BCUT2D eigenvalue weighted by atomic mass is 10.1. The van der Waals surface area contributed by atoms with Gasteiger partial charge in [0.25, 0.3) is 0 Å². The topological polar surface area (TPSA) is 61.8 Å². The van der Waals surface area contributed by atoms with Crippen molar-refractivity contribution in [1.82, 2.24) is 4.90 Å². The van der Waals surface area contributed by atoms with Crippen LogP contribution in [-0.4, -0.2) is 33.6 Å². The lowest BCUT2D eigenvalue weighted by Crippen LogP contribution is -2.31. The molecule has 1 amide bonds. The third-order valence-electron chi connectivity index (χ3n) is 5.73. The van der Waals surface area contributed by atoms with Gasteiger partial charge in [0, 0.05) is 12.1 Å². The number of anilines is 1. The minimum absolute atomic E-state index is 0.0125.